The Hall–Kier alpha value is -0.990. The number of benzene rings is 1. The van der Waals surface area contributed by atoms with E-state index in [2.05, 4.69) is 4.98 Å². The van der Waals surface area contributed by atoms with Gasteiger partial charge in [-0.2, -0.15) is 0 Å². The number of H-pyrrole nitrogens is 1. The molecule has 0 amide bonds. The summed E-state index contributed by atoms with van der Waals surface area (Å²) in [6.07, 6.45) is 1.87. The van der Waals surface area contributed by atoms with Crippen LogP contribution in [0.25, 0.3) is 10.9 Å². The largest absolute Gasteiger partial charge is 0.396 e. The molecule has 0 saturated heterocycles. The molecule has 0 aliphatic carbocycles. The lowest BCUT2D eigenvalue weighted by Crippen LogP contribution is -1.99. The summed E-state index contributed by atoms with van der Waals surface area (Å²) < 4.78 is 0. The highest BCUT2D eigenvalue weighted by Gasteiger charge is 2.11. The molecule has 1 unspecified atom stereocenters. The van der Waals surface area contributed by atoms with E-state index in [-0.39, 0.29) is 12.5 Å². The van der Waals surface area contributed by atoms with Gasteiger partial charge in [0.15, 0.2) is 0 Å². The number of hydrogen-bond acceptors (Lipinski definition) is 1. The SMILES string of the molecule is CC(CO)c1ccc2[nH]ccc2c1Cl. The molecule has 74 valence electrons. The molecule has 0 aliphatic rings. The summed E-state index contributed by atoms with van der Waals surface area (Å²) in [6, 6.07) is 5.90. The normalized spacial score (nSPS) is 13.4. The summed E-state index contributed by atoms with van der Waals surface area (Å²) >= 11 is 6.23. The van der Waals surface area contributed by atoms with Crippen LogP contribution < -0.4 is 0 Å². The van der Waals surface area contributed by atoms with Gasteiger partial charge in [-0.25, -0.2) is 0 Å². The highest BCUT2D eigenvalue weighted by atomic mass is 35.5. The van der Waals surface area contributed by atoms with Crippen molar-refractivity contribution in [3.63, 3.8) is 0 Å². The topological polar surface area (TPSA) is 36.0 Å². The van der Waals surface area contributed by atoms with E-state index in [0.29, 0.717) is 0 Å². The molecule has 1 aromatic carbocycles. The van der Waals surface area contributed by atoms with Gasteiger partial charge in [0.05, 0.1) is 5.02 Å². The summed E-state index contributed by atoms with van der Waals surface area (Å²) in [5.41, 5.74) is 2.03. The standard InChI is InChI=1S/C11H12ClNO/c1-7(6-14)8-2-3-10-9(11(8)12)4-5-13-10/h2-5,7,13-14H,6H2,1H3. The van der Waals surface area contributed by atoms with Gasteiger partial charge in [-0.1, -0.05) is 24.6 Å². The molecule has 0 fully saturated rings. The average Bonchev–Trinajstić information content (AvgIpc) is 2.66. The molecule has 2 nitrogen and oxygen atoms in total. The summed E-state index contributed by atoms with van der Waals surface area (Å²) in [4.78, 5) is 3.10. The van der Waals surface area contributed by atoms with Crippen LogP contribution in [0.1, 0.15) is 18.4 Å². The van der Waals surface area contributed by atoms with Crippen molar-refractivity contribution in [2.45, 2.75) is 12.8 Å². The molecule has 2 N–H and O–H groups in total. The van der Waals surface area contributed by atoms with E-state index >= 15 is 0 Å². The van der Waals surface area contributed by atoms with Crippen LogP contribution in [0.4, 0.5) is 0 Å². The second-order valence-electron chi connectivity index (χ2n) is 3.49. The van der Waals surface area contributed by atoms with Gasteiger partial charge in [-0.15, -0.1) is 0 Å². The van der Waals surface area contributed by atoms with E-state index in [1.807, 2.05) is 31.3 Å². The number of aromatic amines is 1. The quantitative estimate of drug-likeness (QED) is 0.784. The number of aliphatic hydroxyl groups excluding tert-OH is 1. The summed E-state index contributed by atoms with van der Waals surface area (Å²) in [7, 11) is 0. The average molecular weight is 210 g/mol. The Morgan fingerprint density at radius 3 is 2.93 bits per heavy atom. The summed E-state index contributed by atoms with van der Waals surface area (Å²) in [6.45, 7) is 2.08. The van der Waals surface area contributed by atoms with Gasteiger partial charge in [-0.05, 0) is 17.7 Å². The molecule has 0 aliphatic heterocycles. The Bertz CT molecular complexity index is 449. The Kier molecular flexibility index (Phi) is 2.48. The van der Waals surface area contributed by atoms with E-state index < -0.39 is 0 Å². The minimum absolute atomic E-state index is 0.0850. The zero-order valence-electron chi connectivity index (χ0n) is 7.92. The van der Waals surface area contributed by atoms with Crippen LogP contribution in [0.5, 0.6) is 0 Å². The first kappa shape index (κ1) is 9.56. The van der Waals surface area contributed by atoms with Crippen LogP contribution in [0.2, 0.25) is 5.02 Å². The van der Waals surface area contributed by atoms with Gasteiger partial charge in [0.2, 0.25) is 0 Å². The van der Waals surface area contributed by atoms with Crippen LogP contribution in [0, 0.1) is 0 Å². The van der Waals surface area contributed by atoms with Crippen molar-refractivity contribution in [3.8, 4) is 0 Å². The second-order valence-corrected chi connectivity index (χ2v) is 3.87. The number of aliphatic hydroxyl groups is 1. The maximum absolute atomic E-state index is 9.07. The molecule has 0 bridgehead atoms. The maximum Gasteiger partial charge on any atom is 0.0535 e. The molecule has 2 rings (SSSR count). The number of halogens is 1. The first-order valence-corrected chi connectivity index (χ1v) is 4.98. The highest BCUT2D eigenvalue weighted by molar-refractivity contribution is 6.36. The molecule has 1 heterocycles. The van der Waals surface area contributed by atoms with Crippen molar-refractivity contribution < 1.29 is 5.11 Å². The zero-order valence-corrected chi connectivity index (χ0v) is 8.67. The van der Waals surface area contributed by atoms with Crippen molar-refractivity contribution in [1.29, 1.82) is 0 Å². The molecular weight excluding hydrogens is 198 g/mol. The van der Waals surface area contributed by atoms with E-state index in [4.69, 9.17) is 16.7 Å². The molecule has 1 atom stereocenters. The minimum Gasteiger partial charge on any atom is -0.396 e. The molecule has 0 radical (unpaired) electrons. The van der Waals surface area contributed by atoms with Crippen LogP contribution in [-0.4, -0.2) is 16.7 Å². The summed E-state index contributed by atoms with van der Waals surface area (Å²) in [5, 5.41) is 10.8. The first-order chi connectivity index (χ1) is 6.74. The summed E-state index contributed by atoms with van der Waals surface area (Å²) in [5.74, 6) is 0.0850. The van der Waals surface area contributed by atoms with Gasteiger partial charge in [0, 0.05) is 29.6 Å². The molecule has 14 heavy (non-hydrogen) atoms. The maximum atomic E-state index is 9.07. The lowest BCUT2D eigenvalue weighted by atomic mass is 10.0. The van der Waals surface area contributed by atoms with Gasteiger partial charge in [-0.3, -0.25) is 0 Å². The third kappa shape index (κ3) is 1.41. The van der Waals surface area contributed by atoms with Crippen molar-refractivity contribution >= 4 is 22.5 Å². The predicted octanol–water partition coefficient (Wildman–Crippen LogP) is 2.92. The second kappa shape index (κ2) is 3.64. The molecule has 1 aromatic heterocycles. The van der Waals surface area contributed by atoms with Crippen molar-refractivity contribution in [3.05, 3.63) is 35.0 Å². The van der Waals surface area contributed by atoms with Gasteiger partial charge in [0.25, 0.3) is 0 Å². The monoisotopic (exact) mass is 209 g/mol. The first-order valence-electron chi connectivity index (χ1n) is 4.60. The smallest absolute Gasteiger partial charge is 0.0535 e. The number of fused-ring (bicyclic) bond motifs is 1. The molecule has 3 heteroatoms. The zero-order chi connectivity index (χ0) is 10.1. The van der Waals surface area contributed by atoms with E-state index in [1.54, 1.807) is 0 Å². The van der Waals surface area contributed by atoms with Crippen LogP contribution in [-0.2, 0) is 0 Å². The fourth-order valence-electron chi connectivity index (χ4n) is 1.59. The van der Waals surface area contributed by atoms with E-state index in [9.17, 15) is 0 Å². The number of rotatable bonds is 2. The molecule has 2 aromatic rings. The van der Waals surface area contributed by atoms with Crippen LogP contribution >= 0.6 is 11.6 Å². The van der Waals surface area contributed by atoms with Crippen LogP contribution in [0.15, 0.2) is 24.4 Å². The van der Waals surface area contributed by atoms with E-state index in [0.717, 1.165) is 21.5 Å². The minimum atomic E-state index is 0.0850. The Labute approximate surface area is 87.5 Å². The number of hydrogen-bond donors (Lipinski definition) is 2. The molecule has 0 saturated carbocycles. The predicted molar refractivity (Wildman–Crippen MR) is 58.8 cm³/mol. The van der Waals surface area contributed by atoms with Crippen molar-refractivity contribution in [2.75, 3.05) is 6.61 Å². The van der Waals surface area contributed by atoms with E-state index in [1.165, 1.54) is 0 Å². The van der Waals surface area contributed by atoms with Crippen LogP contribution in [0.3, 0.4) is 0 Å². The fourth-order valence-corrected chi connectivity index (χ4v) is 2.01. The number of nitrogens with one attached hydrogen (secondary N) is 1. The van der Waals surface area contributed by atoms with Gasteiger partial charge >= 0.3 is 0 Å². The fraction of sp³-hybridized carbons (Fsp3) is 0.273. The van der Waals surface area contributed by atoms with Crippen molar-refractivity contribution in [1.82, 2.24) is 4.98 Å². The lowest BCUT2D eigenvalue weighted by molar-refractivity contribution is 0.273. The van der Waals surface area contributed by atoms with Gasteiger partial charge in [0.1, 0.15) is 0 Å². The molecule has 0 spiro atoms. The Morgan fingerprint density at radius 2 is 2.21 bits per heavy atom. The number of aromatic nitrogens is 1. The Balaban J connectivity index is 2.61. The Morgan fingerprint density at radius 1 is 1.43 bits per heavy atom. The third-order valence-corrected chi connectivity index (χ3v) is 2.93. The van der Waals surface area contributed by atoms with Crippen molar-refractivity contribution in [2.24, 2.45) is 0 Å². The highest BCUT2D eigenvalue weighted by Crippen LogP contribution is 2.31. The molecular formula is C11H12ClNO. The third-order valence-electron chi connectivity index (χ3n) is 2.50. The van der Waals surface area contributed by atoms with Gasteiger partial charge < -0.3 is 10.1 Å². The lowest BCUT2D eigenvalue weighted by Gasteiger charge is -2.10.